The van der Waals surface area contributed by atoms with E-state index in [-0.39, 0.29) is 5.91 Å². The first kappa shape index (κ1) is 15.5. The van der Waals surface area contributed by atoms with Crippen LogP contribution < -0.4 is 5.32 Å². The second kappa shape index (κ2) is 6.26. The maximum atomic E-state index is 12.0. The molecule has 0 aliphatic rings. The first-order valence-corrected chi connectivity index (χ1v) is 7.43. The molecule has 0 spiro atoms. The minimum atomic E-state index is -0.150. The van der Waals surface area contributed by atoms with Crippen LogP contribution in [0.5, 0.6) is 0 Å². The van der Waals surface area contributed by atoms with Crippen molar-refractivity contribution in [3.8, 4) is 0 Å². The average molecular weight is 348 g/mol. The van der Waals surface area contributed by atoms with Gasteiger partial charge in [-0.15, -0.1) is 0 Å². The lowest BCUT2D eigenvalue weighted by Crippen LogP contribution is -2.08. The average Bonchev–Trinajstić information content (AvgIpc) is 2.65. The third-order valence-electron chi connectivity index (χ3n) is 3.41. The molecule has 0 aliphatic heterocycles. The number of anilines is 1. The molecule has 1 aromatic carbocycles. The molecule has 2 rings (SSSR count). The third-order valence-corrected chi connectivity index (χ3v) is 3.91. The lowest BCUT2D eigenvalue weighted by atomic mass is 10.1. The topological polar surface area (TPSA) is 46.9 Å². The van der Waals surface area contributed by atoms with Gasteiger partial charge in [-0.25, -0.2) is 0 Å². The number of aryl methyl sites for hydroxylation is 3. The Labute approximate surface area is 133 Å². The third kappa shape index (κ3) is 3.61. The maximum absolute atomic E-state index is 12.0. The molecule has 0 saturated heterocycles. The molecule has 1 N–H and O–H groups in total. The van der Waals surface area contributed by atoms with Crippen LogP contribution in [0.2, 0.25) is 0 Å². The first-order chi connectivity index (χ1) is 9.88. The second-order valence-electron chi connectivity index (χ2n) is 4.99. The van der Waals surface area contributed by atoms with E-state index in [1.54, 1.807) is 12.2 Å². The molecule has 0 fully saturated rings. The van der Waals surface area contributed by atoms with Gasteiger partial charge in [0, 0.05) is 34.5 Å². The smallest absolute Gasteiger partial charge is 0.248 e. The van der Waals surface area contributed by atoms with Crippen LogP contribution in [0.3, 0.4) is 0 Å². The fourth-order valence-electron chi connectivity index (χ4n) is 2.13. The number of halogens is 1. The maximum Gasteiger partial charge on any atom is 0.248 e. The van der Waals surface area contributed by atoms with Crippen molar-refractivity contribution in [3.63, 3.8) is 0 Å². The molecule has 1 amide bonds. The van der Waals surface area contributed by atoms with Gasteiger partial charge in [0.2, 0.25) is 5.91 Å². The van der Waals surface area contributed by atoms with Gasteiger partial charge in [-0.3, -0.25) is 9.48 Å². The Hall–Kier alpha value is -1.88. The highest BCUT2D eigenvalue weighted by molar-refractivity contribution is 9.10. The van der Waals surface area contributed by atoms with Crippen molar-refractivity contribution in [3.05, 3.63) is 51.3 Å². The minimum Gasteiger partial charge on any atom is -0.322 e. The molecule has 0 saturated carbocycles. The number of carbonyl (C=O) groups excluding carboxylic acids is 1. The molecular weight excluding hydrogens is 330 g/mol. The number of amides is 1. The molecule has 0 radical (unpaired) electrons. The highest BCUT2D eigenvalue weighted by atomic mass is 79.9. The fraction of sp³-hybridized carbons (Fsp3) is 0.250. The Morgan fingerprint density at radius 2 is 2.05 bits per heavy atom. The molecule has 5 heteroatoms. The molecule has 0 bridgehead atoms. The predicted octanol–water partition coefficient (Wildman–Crippen LogP) is 3.76. The quantitative estimate of drug-likeness (QED) is 0.859. The molecule has 1 heterocycles. The summed E-state index contributed by atoms with van der Waals surface area (Å²) in [6.45, 7) is 5.87. The van der Waals surface area contributed by atoms with E-state index in [0.717, 1.165) is 32.7 Å². The van der Waals surface area contributed by atoms with Gasteiger partial charge < -0.3 is 5.32 Å². The van der Waals surface area contributed by atoms with Crippen molar-refractivity contribution in [1.29, 1.82) is 0 Å². The van der Waals surface area contributed by atoms with Crippen LogP contribution >= 0.6 is 15.9 Å². The highest BCUT2D eigenvalue weighted by Crippen LogP contribution is 2.20. The number of nitrogens with one attached hydrogen (secondary N) is 1. The summed E-state index contributed by atoms with van der Waals surface area (Å²) in [5, 5.41) is 7.20. The lowest BCUT2D eigenvalue weighted by Gasteiger charge is -2.06. The van der Waals surface area contributed by atoms with Crippen LogP contribution in [0.25, 0.3) is 6.08 Å². The number of rotatable bonds is 3. The number of benzene rings is 1. The number of nitrogens with zero attached hydrogens (tertiary/aromatic N) is 2. The number of carbonyl (C=O) groups is 1. The van der Waals surface area contributed by atoms with Crippen LogP contribution in [-0.2, 0) is 11.8 Å². The Bertz CT molecular complexity index is 717. The van der Waals surface area contributed by atoms with E-state index in [2.05, 4.69) is 26.3 Å². The van der Waals surface area contributed by atoms with E-state index in [0.29, 0.717) is 0 Å². The molecule has 0 unspecified atom stereocenters. The number of hydrogen-bond acceptors (Lipinski definition) is 2. The van der Waals surface area contributed by atoms with Crippen LogP contribution in [0.1, 0.15) is 22.5 Å². The summed E-state index contributed by atoms with van der Waals surface area (Å²) in [7, 11) is 1.89. The monoisotopic (exact) mass is 347 g/mol. The predicted molar refractivity (Wildman–Crippen MR) is 89.2 cm³/mol. The zero-order valence-corrected chi connectivity index (χ0v) is 14.2. The van der Waals surface area contributed by atoms with E-state index in [1.807, 2.05) is 50.7 Å². The normalized spacial score (nSPS) is 11.1. The largest absolute Gasteiger partial charge is 0.322 e. The van der Waals surface area contributed by atoms with Crippen LogP contribution in [0.15, 0.2) is 28.7 Å². The Kier molecular flexibility index (Phi) is 4.63. The van der Waals surface area contributed by atoms with E-state index >= 15 is 0 Å². The molecular formula is C16H18BrN3O. The standard InChI is InChI=1S/C16H18BrN3O/c1-10-9-13(17)5-7-15(10)18-16(21)8-6-14-11(2)19-20(4)12(14)3/h5-9H,1-4H3,(H,18,21)/b8-6+. The van der Waals surface area contributed by atoms with Crippen molar-refractivity contribution in [2.45, 2.75) is 20.8 Å². The first-order valence-electron chi connectivity index (χ1n) is 6.64. The molecule has 2 aromatic rings. The van der Waals surface area contributed by atoms with E-state index in [1.165, 1.54) is 0 Å². The van der Waals surface area contributed by atoms with Gasteiger partial charge in [0.15, 0.2) is 0 Å². The zero-order valence-electron chi connectivity index (χ0n) is 12.6. The molecule has 1 aromatic heterocycles. The lowest BCUT2D eigenvalue weighted by molar-refractivity contribution is -0.111. The van der Waals surface area contributed by atoms with Gasteiger partial charge in [0.05, 0.1) is 5.69 Å². The zero-order chi connectivity index (χ0) is 15.6. The number of aromatic nitrogens is 2. The number of hydrogen-bond donors (Lipinski definition) is 1. The summed E-state index contributed by atoms with van der Waals surface area (Å²) < 4.78 is 2.81. The summed E-state index contributed by atoms with van der Waals surface area (Å²) in [5.41, 5.74) is 4.77. The summed E-state index contributed by atoms with van der Waals surface area (Å²) in [6, 6.07) is 5.75. The van der Waals surface area contributed by atoms with Gasteiger partial charge in [-0.2, -0.15) is 5.10 Å². The second-order valence-corrected chi connectivity index (χ2v) is 5.91. The Balaban J connectivity index is 2.13. The van der Waals surface area contributed by atoms with Gasteiger partial charge >= 0.3 is 0 Å². The van der Waals surface area contributed by atoms with E-state index in [9.17, 15) is 4.79 Å². The molecule has 21 heavy (non-hydrogen) atoms. The molecule has 0 aliphatic carbocycles. The van der Waals surface area contributed by atoms with Gasteiger partial charge in [0.25, 0.3) is 0 Å². The summed E-state index contributed by atoms with van der Waals surface area (Å²) in [5.74, 6) is -0.150. The highest BCUT2D eigenvalue weighted by Gasteiger charge is 2.07. The van der Waals surface area contributed by atoms with Crippen molar-refractivity contribution >= 4 is 33.6 Å². The van der Waals surface area contributed by atoms with Crippen LogP contribution in [0, 0.1) is 20.8 Å². The van der Waals surface area contributed by atoms with E-state index in [4.69, 9.17) is 0 Å². The van der Waals surface area contributed by atoms with Gasteiger partial charge in [-0.1, -0.05) is 15.9 Å². The minimum absolute atomic E-state index is 0.150. The van der Waals surface area contributed by atoms with Crippen LogP contribution in [-0.4, -0.2) is 15.7 Å². The summed E-state index contributed by atoms with van der Waals surface area (Å²) in [4.78, 5) is 12.0. The Morgan fingerprint density at radius 3 is 2.62 bits per heavy atom. The van der Waals surface area contributed by atoms with Crippen LogP contribution in [0.4, 0.5) is 5.69 Å². The van der Waals surface area contributed by atoms with Crippen molar-refractivity contribution in [2.75, 3.05) is 5.32 Å². The molecule has 0 atom stereocenters. The van der Waals surface area contributed by atoms with Crippen molar-refractivity contribution < 1.29 is 4.79 Å². The molecule has 110 valence electrons. The van der Waals surface area contributed by atoms with E-state index < -0.39 is 0 Å². The Morgan fingerprint density at radius 1 is 1.33 bits per heavy atom. The van der Waals surface area contributed by atoms with Gasteiger partial charge in [0.1, 0.15) is 0 Å². The van der Waals surface area contributed by atoms with Crippen molar-refractivity contribution in [1.82, 2.24) is 9.78 Å². The SMILES string of the molecule is Cc1cc(Br)ccc1NC(=O)/C=C/c1c(C)nn(C)c1C. The fourth-order valence-corrected chi connectivity index (χ4v) is 2.61. The van der Waals surface area contributed by atoms with Gasteiger partial charge in [-0.05, 0) is 50.6 Å². The summed E-state index contributed by atoms with van der Waals surface area (Å²) >= 11 is 3.41. The molecule has 4 nitrogen and oxygen atoms in total. The van der Waals surface area contributed by atoms with Crippen molar-refractivity contribution in [2.24, 2.45) is 7.05 Å². The summed E-state index contributed by atoms with van der Waals surface area (Å²) in [6.07, 6.45) is 3.35.